The van der Waals surface area contributed by atoms with E-state index in [1.807, 2.05) is 14.0 Å². The first-order valence-corrected chi connectivity index (χ1v) is 9.07. The Hall–Kier alpha value is -0.210. The zero-order valence-electron chi connectivity index (χ0n) is 12.7. The number of nitrogens with zero attached hydrogens (tertiary/aromatic N) is 2. The van der Waals surface area contributed by atoms with Gasteiger partial charge in [-0.05, 0) is 58.8 Å². The third-order valence-electron chi connectivity index (χ3n) is 3.77. The Bertz CT molecular complexity index is 365. The summed E-state index contributed by atoms with van der Waals surface area (Å²) in [7, 11) is -1.30. The maximum atomic E-state index is 10.9. The fourth-order valence-corrected chi connectivity index (χ4v) is 3.32. The number of hydrogen-bond acceptors (Lipinski definition) is 5. The fraction of sp³-hybridized carbons (Fsp3) is 1.00. The average molecular weight is 307 g/mol. The highest BCUT2D eigenvalue weighted by Crippen LogP contribution is 2.18. The molecule has 120 valence electrons. The van der Waals surface area contributed by atoms with Crippen LogP contribution in [0.2, 0.25) is 0 Å². The van der Waals surface area contributed by atoms with Crippen LogP contribution in [0.25, 0.3) is 0 Å². The number of nitrogens with two attached hydrogens (primary N) is 1. The molecule has 0 unspecified atom stereocenters. The lowest BCUT2D eigenvalue weighted by atomic mass is 9.96. The molecule has 3 N–H and O–H groups in total. The summed E-state index contributed by atoms with van der Waals surface area (Å²) in [5.74, 6) is 0.726. The monoisotopic (exact) mass is 307 g/mol. The van der Waals surface area contributed by atoms with Crippen LogP contribution in [0.5, 0.6) is 0 Å². The Balaban J connectivity index is 2.16. The minimum atomic E-state index is -3.33. The van der Waals surface area contributed by atoms with E-state index in [1.165, 1.54) is 0 Å². The molecular formula is C13H29N3O3S. The number of sulfonamides is 1. The van der Waals surface area contributed by atoms with Crippen molar-refractivity contribution in [3.63, 3.8) is 0 Å². The first kappa shape index (κ1) is 17.8. The van der Waals surface area contributed by atoms with Crippen LogP contribution in [0.4, 0.5) is 0 Å². The number of aliphatic hydroxyl groups is 1. The number of hydrogen-bond donors (Lipinski definition) is 2. The molecule has 0 spiro atoms. The quantitative estimate of drug-likeness (QED) is 0.642. The predicted molar refractivity (Wildman–Crippen MR) is 80.9 cm³/mol. The van der Waals surface area contributed by atoms with Crippen molar-refractivity contribution < 1.29 is 13.5 Å². The molecule has 1 aliphatic rings. The second-order valence-electron chi connectivity index (χ2n) is 6.08. The van der Waals surface area contributed by atoms with Gasteiger partial charge in [-0.1, -0.05) is 0 Å². The lowest BCUT2D eigenvalue weighted by molar-refractivity contribution is 0.0926. The highest BCUT2D eigenvalue weighted by atomic mass is 32.2. The molecular weight excluding hydrogens is 278 g/mol. The lowest BCUT2D eigenvalue weighted by Crippen LogP contribution is -2.40. The maximum Gasteiger partial charge on any atom is 0.209 e. The van der Waals surface area contributed by atoms with Gasteiger partial charge in [0, 0.05) is 13.1 Å². The summed E-state index contributed by atoms with van der Waals surface area (Å²) in [5, 5.41) is 14.4. The van der Waals surface area contributed by atoms with Crippen LogP contribution >= 0.6 is 0 Å². The average Bonchev–Trinajstić information content (AvgIpc) is 2.29. The molecule has 0 aliphatic carbocycles. The normalized spacial score (nSPS) is 20.4. The number of primary sulfonamides is 1. The molecule has 1 atom stereocenters. The van der Waals surface area contributed by atoms with Gasteiger partial charge in [-0.25, -0.2) is 13.6 Å². The van der Waals surface area contributed by atoms with E-state index in [2.05, 4.69) is 9.80 Å². The molecule has 0 aromatic carbocycles. The summed E-state index contributed by atoms with van der Waals surface area (Å²) in [4.78, 5) is 4.50. The second kappa shape index (κ2) is 8.29. The van der Waals surface area contributed by atoms with Gasteiger partial charge in [-0.3, -0.25) is 0 Å². The van der Waals surface area contributed by atoms with Crippen molar-refractivity contribution in [1.82, 2.24) is 9.80 Å². The van der Waals surface area contributed by atoms with E-state index in [1.54, 1.807) is 0 Å². The molecule has 0 bridgehead atoms. The molecule has 0 aromatic heterocycles. The molecule has 0 saturated carbocycles. The Morgan fingerprint density at radius 2 is 2.00 bits per heavy atom. The van der Waals surface area contributed by atoms with E-state index in [9.17, 15) is 13.5 Å². The summed E-state index contributed by atoms with van der Waals surface area (Å²) in [6, 6.07) is 0. The van der Waals surface area contributed by atoms with Gasteiger partial charge in [0.2, 0.25) is 10.0 Å². The summed E-state index contributed by atoms with van der Waals surface area (Å²) < 4.78 is 21.7. The molecule has 1 fully saturated rings. The first-order chi connectivity index (χ1) is 9.26. The van der Waals surface area contributed by atoms with Crippen molar-refractivity contribution in [2.75, 3.05) is 45.5 Å². The van der Waals surface area contributed by atoms with Crippen molar-refractivity contribution in [1.29, 1.82) is 0 Å². The largest absolute Gasteiger partial charge is 0.392 e. The Labute approximate surface area is 123 Å². The van der Waals surface area contributed by atoms with E-state index in [4.69, 9.17) is 5.14 Å². The van der Waals surface area contributed by atoms with Gasteiger partial charge in [-0.15, -0.1) is 0 Å². The van der Waals surface area contributed by atoms with Crippen LogP contribution in [0, 0.1) is 5.92 Å². The summed E-state index contributed by atoms with van der Waals surface area (Å²) in [5.41, 5.74) is 0. The Kier molecular flexibility index (Phi) is 7.39. The zero-order chi connectivity index (χ0) is 15.2. The molecule has 0 amide bonds. The van der Waals surface area contributed by atoms with E-state index in [-0.39, 0.29) is 11.9 Å². The smallest absolute Gasteiger partial charge is 0.209 e. The molecule has 20 heavy (non-hydrogen) atoms. The molecule has 7 heteroatoms. The van der Waals surface area contributed by atoms with Gasteiger partial charge in [0.1, 0.15) is 0 Å². The topological polar surface area (TPSA) is 86.9 Å². The molecule has 0 radical (unpaired) electrons. The third-order valence-corrected chi connectivity index (χ3v) is 4.63. The summed E-state index contributed by atoms with van der Waals surface area (Å²) >= 11 is 0. The van der Waals surface area contributed by atoms with Gasteiger partial charge in [0.25, 0.3) is 0 Å². The number of rotatable bonds is 8. The SMILES string of the molecule is C[C@@H](O)CN1CCC(CN(C)CCCS(N)(=O)=O)CC1. The van der Waals surface area contributed by atoms with Gasteiger partial charge in [0.05, 0.1) is 11.9 Å². The molecule has 1 heterocycles. The van der Waals surface area contributed by atoms with E-state index in [0.29, 0.717) is 12.3 Å². The fourth-order valence-electron chi connectivity index (χ4n) is 2.79. The predicted octanol–water partition coefficient (Wildman–Crippen LogP) is -0.310. The number of β-amino-alcohol motifs (C(OH)–C–C–N with tert-alkyl or cyclic N) is 1. The van der Waals surface area contributed by atoms with E-state index in [0.717, 1.165) is 45.6 Å². The lowest BCUT2D eigenvalue weighted by Gasteiger charge is -2.34. The number of piperidine rings is 1. The molecule has 6 nitrogen and oxygen atoms in total. The molecule has 1 rings (SSSR count). The van der Waals surface area contributed by atoms with Gasteiger partial charge in [-0.2, -0.15) is 0 Å². The molecule has 1 aliphatic heterocycles. The zero-order valence-corrected chi connectivity index (χ0v) is 13.5. The number of likely N-dealkylation sites (tertiary alicyclic amines) is 1. The standard InChI is InChI=1S/C13H29N3O3S/c1-12(17)10-16-7-4-13(5-8-16)11-15(2)6-3-9-20(14,18)19/h12-13,17H,3-11H2,1-2H3,(H2,14,18,19)/t12-/m1/s1. The van der Waals surface area contributed by atoms with Crippen molar-refractivity contribution >= 4 is 10.0 Å². The minimum Gasteiger partial charge on any atom is -0.392 e. The van der Waals surface area contributed by atoms with Crippen molar-refractivity contribution in [2.45, 2.75) is 32.3 Å². The van der Waals surface area contributed by atoms with Crippen LogP contribution in [0.3, 0.4) is 0 Å². The van der Waals surface area contributed by atoms with E-state index >= 15 is 0 Å². The second-order valence-corrected chi connectivity index (χ2v) is 7.81. The summed E-state index contributed by atoms with van der Waals surface area (Å²) in [6.07, 6.45) is 2.63. The van der Waals surface area contributed by atoms with Crippen LogP contribution in [0.1, 0.15) is 26.2 Å². The van der Waals surface area contributed by atoms with Crippen molar-refractivity contribution in [3.05, 3.63) is 0 Å². The van der Waals surface area contributed by atoms with E-state index < -0.39 is 10.0 Å². The van der Waals surface area contributed by atoms with Gasteiger partial charge >= 0.3 is 0 Å². The van der Waals surface area contributed by atoms with Crippen molar-refractivity contribution in [3.8, 4) is 0 Å². The van der Waals surface area contributed by atoms with Crippen LogP contribution < -0.4 is 5.14 Å². The molecule has 0 aromatic rings. The van der Waals surface area contributed by atoms with Crippen LogP contribution in [-0.2, 0) is 10.0 Å². The van der Waals surface area contributed by atoms with Gasteiger partial charge in [0.15, 0.2) is 0 Å². The third kappa shape index (κ3) is 8.16. The highest BCUT2D eigenvalue weighted by Gasteiger charge is 2.21. The van der Waals surface area contributed by atoms with Crippen LogP contribution in [0.15, 0.2) is 0 Å². The Morgan fingerprint density at radius 1 is 1.40 bits per heavy atom. The van der Waals surface area contributed by atoms with Gasteiger partial charge < -0.3 is 14.9 Å². The Morgan fingerprint density at radius 3 is 2.50 bits per heavy atom. The van der Waals surface area contributed by atoms with Crippen LogP contribution in [-0.4, -0.2) is 75.0 Å². The minimum absolute atomic E-state index is 0.0597. The first-order valence-electron chi connectivity index (χ1n) is 7.35. The molecule has 1 saturated heterocycles. The van der Waals surface area contributed by atoms with Crippen molar-refractivity contribution in [2.24, 2.45) is 11.1 Å². The highest BCUT2D eigenvalue weighted by molar-refractivity contribution is 7.89. The maximum absolute atomic E-state index is 10.9. The number of aliphatic hydroxyl groups excluding tert-OH is 1. The summed E-state index contributed by atoms with van der Waals surface area (Å²) in [6.45, 7) is 6.45.